The molecule has 0 aliphatic rings. The molecule has 0 bridgehead atoms. The van der Waals surface area contributed by atoms with Crippen LogP contribution in [-0.4, -0.2) is 23.8 Å². The third-order valence-electron chi connectivity index (χ3n) is 1.68. The molecule has 5 heteroatoms. The average molecular weight is 181 g/mol. The van der Waals surface area contributed by atoms with Crippen molar-refractivity contribution in [2.75, 3.05) is 12.3 Å². The molecule has 1 aromatic rings. The van der Waals surface area contributed by atoms with Crippen LogP contribution in [0.15, 0.2) is 18.2 Å². The number of hydrogen-bond donors (Lipinski definition) is 3. The van der Waals surface area contributed by atoms with Crippen molar-refractivity contribution in [2.24, 2.45) is 0 Å². The molecule has 0 aromatic heterocycles. The van der Waals surface area contributed by atoms with Gasteiger partial charge < -0.3 is 20.5 Å². The summed E-state index contributed by atoms with van der Waals surface area (Å²) in [6.45, 7) is 2.33. The first-order valence-electron chi connectivity index (χ1n) is 4.04. The van der Waals surface area contributed by atoms with Gasteiger partial charge in [0.1, 0.15) is 5.75 Å². The van der Waals surface area contributed by atoms with Crippen LogP contribution in [0.4, 0.5) is 5.69 Å². The molecule has 4 nitrogen and oxygen atoms in total. The number of benzene rings is 1. The quantitative estimate of drug-likeness (QED) is 0.427. The van der Waals surface area contributed by atoms with Gasteiger partial charge in [0.15, 0.2) is 0 Å². The Kier molecular flexibility index (Phi) is 3.16. The van der Waals surface area contributed by atoms with Crippen molar-refractivity contribution < 1.29 is 14.8 Å². The number of para-hydroxylation sites is 1. The number of ether oxygens (including phenoxy) is 1. The summed E-state index contributed by atoms with van der Waals surface area (Å²) in [5.74, 6) is 0.480. The van der Waals surface area contributed by atoms with E-state index in [9.17, 15) is 0 Å². The largest absolute Gasteiger partial charge is 0.492 e. The van der Waals surface area contributed by atoms with Gasteiger partial charge in [-0.05, 0) is 13.0 Å². The second-order valence-electron chi connectivity index (χ2n) is 2.57. The van der Waals surface area contributed by atoms with Crippen LogP contribution in [0.2, 0.25) is 0 Å². The minimum absolute atomic E-state index is 0.269. The highest BCUT2D eigenvalue weighted by Crippen LogP contribution is 2.18. The van der Waals surface area contributed by atoms with Crippen molar-refractivity contribution >= 4 is 18.3 Å². The Hall–Kier alpha value is -1.20. The second-order valence-corrected chi connectivity index (χ2v) is 2.57. The van der Waals surface area contributed by atoms with Gasteiger partial charge in [-0.3, -0.25) is 0 Å². The minimum Gasteiger partial charge on any atom is -0.492 e. The van der Waals surface area contributed by atoms with Crippen LogP contribution in [0.3, 0.4) is 0 Å². The van der Waals surface area contributed by atoms with Crippen LogP contribution >= 0.6 is 0 Å². The van der Waals surface area contributed by atoms with Crippen molar-refractivity contribution in [1.29, 1.82) is 0 Å². The Morgan fingerprint density at radius 3 is 2.69 bits per heavy atom. The average Bonchev–Trinajstić information content (AvgIpc) is 2.08. The Balaban J connectivity index is 3.03. The maximum absolute atomic E-state index is 8.92. The normalized spacial score (nSPS) is 9.77. The van der Waals surface area contributed by atoms with Gasteiger partial charge in [0.25, 0.3) is 0 Å². The number of hydrogen-bond acceptors (Lipinski definition) is 4. The lowest BCUT2D eigenvalue weighted by molar-refractivity contribution is 0.342. The van der Waals surface area contributed by atoms with Crippen molar-refractivity contribution in [2.45, 2.75) is 6.92 Å². The molecule has 1 aromatic carbocycles. The molecule has 4 N–H and O–H groups in total. The third-order valence-corrected chi connectivity index (χ3v) is 1.68. The van der Waals surface area contributed by atoms with Gasteiger partial charge in [-0.25, -0.2) is 0 Å². The Labute approximate surface area is 77.1 Å². The van der Waals surface area contributed by atoms with Gasteiger partial charge >= 0.3 is 7.12 Å². The van der Waals surface area contributed by atoms with Gasteiger partial charge in [0.05, 0.1) is 12.3 Å². The molecule has 70 valence electrons. The van der Waals surface area contributed by atoms with Crippen LogP contribution in [0.25, 0.3) is 0 Å². The molecule has 0 radical (unpaired) electrons. The first-order chi connectivity index (χ1) is 6.16. The van der Waals surface area contributed by atoms with Gasteiger partial charge in [-0.15, -0.1) is 0 Å². The molecule has 0 fully saturated rings. The monoisotopic (exact) mass is 181 g/mol. The Morgan fingerprint density at radius 2 is 2.15 bits per heavy atom. The summed E-state index contributed by atoms with van der Waals surface area (Å²) in [6, 6.07) is 4.89. The smallest absolute Gasteiger partial charge is 0.490 e. The maximum atomic E-state index is 8.92. The zero-order valence-electron chi connectivity index (χ0n) is 7.40. The van der Waals surface area contributed by atoms with E-state index in [4.69, 9.17) is 20.5 Å². The minimum atomic E-state index is -1.56. The number of nitrogen functional groups attached to an aromatic ring is 1. The molecule has 0 aliphatic heterocycles. The van der Waals surface area contributed by atoms with Crippen LogP contribution in [0.5, 0.6) is 5.75 Å². The van der Waals surface area contributed by atoms with E-state index < -0.39 is 7.12 Å². The molecular weight excluding hydrogens is 169 g/mol. The summed E-state index contributed by atoms with van der Waals surface area (Å²) in [4.78, 5) is 0. The summed E-state index contributed by atoms with van der Waals surface area (Å²) >= 11 is 0. The fourth-order valence-electron chi connectivity index (χ4n) is 1.07. The SMILES string of the molecule is CCOc1cccc(B(O)O)c1N. The van der Waals surface area contributed by atoms with Crippen molar-refractivity contribution in [3.05, 3.63) is 18.2 Å². The third kappa shape index (κ3) is 2.14. The van der Waals surface area contributed by atoms with Crippen molar-refractivity contribution in [3.8, 4) is 5.75 Å². The van der Waals surface area contributed by atoms with Crippen LogP contribution in [0.1, 0.15) is 6.92 Å². The number of anilines is 1. The second kappa shape index (κ2) is 4.16. The van der Waals surface area contributed by atoms with E-state index in [2.05, 4.69) is 0 Å². The zero-order valence-corrected chi connectivity index (χ0v) is 7.40. The highest BCUT2D eigenvalue weighted by molar-refractivity contribution is 6.60. The van der Waals surface area contributed by atoms with E-state index in [-0.39, 0.29) is 11.2 Å². The van der Waals surface area contributed by atoms with Gasteiger partial charge in [0.2, 0.25) is 0 Å². The fraction of sp³-hybridized carbons (Fsp3) is 0.250. The lowest BCUT2D eigenvalue weighted by Crippen LogP contribution is -2.32. The molecule has 0 saturated carbocycles. The van der Waals surface area contributed by atoms with Crippen molar-refractivity contribution in [1.82, 2.24) is 0 Å². The molecule has 0 unspecified atom stereocenters. The summed E-state index contributed by atoms with van der Waals surface area (Å²) in [5.41, 5.74) is 6.17. The molecule has 0 spiro atoms. The molecule has 0 saturated heterocycles. The zero-order chi connectivity index (χ0) is 9.84. The topological polar surface area (TPSA) is 75.7 Å². The summed E-state index contributed by atoms with van der Waals surface area (Å²) < 4.78 is 5.18. The Bertz CT molecular complexity index is 291. The summed E-state index contributed by atoms with van der Waals surface area (Å²) in [7, 11) is -1.56. The van der Waals surface area contributed by atoms with Crippen LogP contribution in [-0.2, 0) is 0 Å². The van der Waals surface area contributed by atoms with E-state index in [1.54, 1.807) is 18.2 Å². The van der Waals surface area contributed by atoms with Gasteiger partial charge in [0, 0.05) is 5.46 Å². The van der Waals surface area contributed by atoms with Crippen LogP contribution < -0.4 is 15.9 Å². The molecule has 0 aliphatic carbocycles. The maximum Gasteiger partial charge on any atom is 0.490 e. The summed E-state index contributed by atoms with van der Waals surface area (Å²) in [6.07, 6.45) is 0. The lowest BCUT2D eigenvalue weighted by atomic mass is 9.79. The molecular formula is C8H12BNO3. The molecule has 0 atom stereocenters. The predicted octanol–water partition coefficient (Wildman–Crippen LogP) is -0.653. The lowest BCUT2D eigenvalue weighted by Gasteiger charge is -2.10. The van der Waals surface area contributed by atoms with E-state index in [1.807, 2.05) is 6.92 Å². The summed E-state index contributed by atoms with van der Waals surface area (Å²) in [5, 5.41) is 17.8. The first-order valence-corrected chi connectivity index (χ1v) is 4.04. The van der Waals surface area contributed by atoms with E-state index >= 15 is 0 Å². The number of rotatable bonds is 3. The molecule has 13 heavy (non-hydrogen) atoms. The van der Waals surface area contributed by atoms with Crippen molar-refractivity contribution in [3.63, 3.8) is 0 Å². The van der Waals surface area contributed by atoms with Gasteiger partial charge in [-0.2, -0.15) is 0 Å². The van der Waals surface area contributed by atoms with Gasteiger partial charge in [-0.1, -0.05) is 12.1 Å². The van der Waals surface area contributed by atoms with E-state index in [0.29, 0.717) is 12.4 Å². The highest BCUT2D eigenvalue weighted by Gasteiger charge is 2.16. The fourth-order valence-corrected chi connectivity index (χ4v) is 1.07. The van der Waals surface area contributed by atoms with Crippen LogP contribution in [0, 0.1) is 0 Å². The Morgan fingerprint density at radius 1 is 1.46 bits per heavy atom. The molecule has 0 amide bonds. The highest BCUT2D eigenvalue weighted by atomic mass is 16.5. The molecule has 1 rings (SSSR count). The first kappa shape index (κ1) is 9.89. The van der Waals surface area contributed by atoms with E-state index in [0.717, 1.165) is 0 Å². The molecule has 0 heterocycles. The standard InChI is InChI=1S/C8H12BNO3/c1-2-13-7-5-3-4-6(8(7)10)9(11)12/h3-5,11-12H,2,10H2,1H3. The predicted molar refractivity (Wildman–Crippen MR) is 51.8 cm³/mol. The van der Waals surface area contributed by atoms with E-state index in [1.165, 1.54) is 0 Å². The number of nitrogens with two attached hydrogens (primary N) is 1.